The molecule has 0 bridgehead atoms. The standard InChI is InChI=1S/C22H33N5O4/c1-21(2,3)31-20(30)26-12-7-16(8-13-26)19-25-11-6-17(18-23-9-5-10-24-18)27(19)22(4,14-28)15-29/h5-6,9-10,16,28-29H,7-8,11-15H2,1-4H3. The second-order valence-electron chi connectivity index (χ2n) is 9.25. The molecule has 0 radical (unpaired) electrons. The first-order chi connectivity index (χ1) is 14.7. The van der Waals surface area contributed by atoms with E-state index in [4.69, 9.17) is 9.73 Å². The molecule has 2 aliphatic heterocycles. The van der Waals surface area contributed by atoms with Crippen molar-refractivity contribution in [2.24, 2.45) is 10.9 Å². The normalized spacial score (nSPS) is 18.5. The number of aliphatic imine (C=N–C) groups is 1. The number of carbonyl (C=O) groups is 1. The average Bonchev–Trinajstić information content (AvgIpc) is 2.77. The van der Waals surface area contributed by atoms with Gasteiger partial charge in [-0.25, -0.2) is 14.8 Å². The Bertz CT molecular complexity index is 822. The SMILES string of the molecule is CC(C)(C)OC(=O)N1CCC(C2=NCC=C(c3ncccn3)N2C(C)(CO)CO)CC1. The number of nitrogens with zero attached hydrogens (tertiary/aromatic N) is 5. The molecule has 31 heavy (non-hydrogen) atoms. The highest BCUT2D eigenvalue weighted by Crippen LogP contribution is 2.34. The highest BCUT2D eigenvalue weighted by atomic mass is 16.6. The molecule has 0 spiro atoms. The maximum Gasteiger partial charge on any atom is 0.410 e. The van der Waals surface area contributed by atoms with E-state index in [1.807, 2.05) is 31.7 Å². The number of carbonyl (C=O) groups excluding carboxylic acids is 1. The molecule has 1 fully saturated rings. The van der Waals surface area contributed by atoms with Gasteiger partial charge in [-0.3, -0.25) is 4.99 Å². The van der Waals surface area contributed by atoms with Gasteiger partial charge in [0.15, 0.2) is 5.82 Å². The van der Waals surface area contributed by atoms with Crippen LogP contribution in [0, 0.1) is 5.92 Å². The highest BCUT2D eigenvalue weighted by Gasteiger charge is 2.41. The van der Waals surface area contributed by atoms with E-state index in [-0.39, 0.29) is 25.2 Å². The van der Waals surface area contributed by atoms with Crippen molar-refractivity contribution in [2.75, 3.05) is 32.8 Å². The first-order valence-corrected chi connectivity index (χ1v) is 10.7. The molecule has 9 heteroatoms. The molecular weight excluding hydrogens is 398 g/mol. The van der Waals surface area contributed by atoms with Crippen LogP contribution < -0.4 is 0 Å². The van der Waals surface area contributed by atoms with Crippen LogP contribution in [-0.2, 0) is 4.74 Å². The first-order valence-electron chi connectivity index (χ1n) is 10.7. The molecule has 3 heterocycles. The Morgan fingerprint density at radius 3 is 2.29 bits per heavy atom. The second kappa shape index (κ2) is 9.32. The Kier molecular flexibility index (Phi) is 6.96. The number of aromatic nitrogens is 2. The number of amides is 1. The van der Waals surface area contributed by atoms with E-state index >= 15 is 0 Å². The molecule has 0 aromatic carbocycles. The minimum absolute atomic E-state index is 0.0727. The molecule has 1 saturated heterocycles. The van der Waals surface area contributed by atoms with Crippen molar-refractivity contribution in [2.45, 2.75) is 51.7 Å². The van der Waals surface area contributed by atoms with Crippen LogP contribution in [0.25, 0.3) is 5.70 Å². The minimum Gasteiger partial charge on any atom is -0.444 e. The van der Waals surface area contributed by atoms with Gasteiger partial charge in [-0.15, -0.1) is 0 Å². The number of amidine groups is 1. The van der Waals surface area contributed by atoms with Gasteiger partial charge >= 0.3 is 6.09 Å². The quantitative estimate of drug-likeness (QED) is 0.733. The van der Waals surface area contributed by atoms with Crippen LogP contribution in [0.5, 0.6) is 0 Å². The van der Waals surface area contributed by atoms with E-state index in [1.165, 1.54) is 0 Å². The molecule has 2 aliphatic rings. The number of ether oxygens (including phenoxy) is 1. The zero-order chi connectivity index (χ0) is 22.6. The number of likely N-dealkylation sites (tertiary alicyclic amines) is 1. The third kappa shape index (κ3) is 5.22. The summed E-state index contributed by atoms with van der Waals surface area (Å²) in [6, 6.07) is 1.75. The zero-order valence-corrected chi connectivity index (χ0v) is 18.8. The summed E-state index contributed by atoms with van der Waals surface area (Å²) in [5.74, 6) is 1.39. The molecule has 9 nitrogen and oxygen atoms in total. The maximum absolute atomic E-state index is 12.4. The van der Waals surface area contributed by atoms with Crippen LogP contribution in [-0.4, -0.2) is 85.9 Å². The van der Waals surface area contributed by atoms with Gasteiger partial charge in [-0.05, 0) is 52.7 Å². The van der Waals surface area contributed by atoms with E-state index in [0.717, 1.165) is 11.5 Å². The fraction of sp³-hybridized carbons (Fsp3) is 0.636. The lowest BCUT2D eigenvalue weighted by atomic mass is 9.90. The van der Waals surface area contributed by atoms with Gasteiger partial charge in [-0.1, -0.05) is 0 Å². The van der Waals surface area contributed by atoms with Crippen molar-refractivity contribution >= 4 is 17.6 Å². The molecule has 2 N–H and O–H groups in total. The van der Waals surface area contributed by atoms with Gasteiger partial charge in [0.25, 0.3) is 0 Å². The van der Waals surface area contributed by atoms with Crippen molar-refractivity contribution in [3.8, 4) is 0 Å². The van der Waals surface area contributed by atoms with Gasteiger partial charge in [0.2, 0.25) is 0 Å². The molecule has 0 saturated carbocycles. The number of hydrogen-bond donors (Lipinski definition) is 2. The van der Waals surface area contributed by atoms with Crippen molar-refractivity contribution in [3.05, 3.63) is 30.4 Å². The van der Waals surface area contributed by atoms with Crippen molar-refractivity contribution < 1.29 is 19.7 Å². The number of hydrogen-bond acceptors (Lipinski definition) is 8. The van der Waals surface area contributed by atoms with Gasteiger partial charge in [-0.2, -0.15) is 0 Å². The number of rotatable bonds is 5. The van der Waals surface area contributed by atoms with E-state index in [0.29, 0.717) is 38.3 Å². The number of aliphatic hydroxyl groups is 2. The van der Waals surface area contributed by atoms with Gasteiger partial charge in [0, 0.05) is 31.4 Å². The monoisotopic (exact) mass is 431 g/mol. The van der Waals surface area contributed by atoms with E-state index in [9.17, 15) is 15.0 Å². The van der Waals surface area contributed by atoms with Crippen LogP contribution in [0.1, 0.15) is 46.4 Å². The Balaban J connectivity index is 1.82. The summed E-state index contributed by atoms with van der Waals surface area (Å²) in [7, 11) is 0. The summed E-state index contributed by atoms with van der Waals surface area (Å²) in [4.78, 5) is 29.5. The molecule has 0 unspecified atom stereocenters. The molecule has 1 aromatic rings. The predicted octanol–water partition coefficient (Wildman–Crippen LogP) is 1.92. The van der Waals surface area contributed by atoms with Gasteiger partial charge < -0.3 is 24.7 Å². The van der Waals surface area contributed by atoms with E-state index in [1.54, 1.807) is 30.3 Å². The lowest BCUT2D eigenvalue weighted by Gasteiger charge is -2.46. The maximum atomic E-state index is 12.4. The molecule has 0 atom stereocenters. The first kappa shape index (κ1) is 23.1. The summed E-state index contributed by atoms with van der Waals surface area (Å²) in [6.07, 6.45) is 6.37. The average molecular weight is 432 g/mol. The fourth-order valence-corrected chi connectivity index (χ4v) is 3.85. The summed E-state index contributed by atoms with van der Waals surface area (Å²) in [6.45, 7) is 8.43. The molecule has 1 aromatic heterocycles. The molecule has 0 aliphatic carbocycles. The largest absolute Gasteiger partial charge is 0.444 e. The summed E-state index contributed by atoms with van der Waals surface area (Å²) in [5, 5.41) is 20.3. The van der Waals surface area contributed by atoms with E-state index in [2.05, 4.69) is 9.97 Å². The Morgan fingerprint density at radius 2 is 1.74 bits per heavy atom. The van der Waals surface area contributed by atoms with Crippen LogP contribution >= 0.6 is 0 Å². The third-order valence-electron chi connectivity index (χ3n) is 5.54. The fourth-order valence-electron chi connectivity index (χ4n) is 3.85. The third-order valence-corrected chi connectivity index (χ3v) is 5.54. The molecular formula is C22H33N5O4. The number of aliphatic hydroxyl groups excluding tert-OH is 2. The smallest absolute Gasteiger partial charge is 0.410 e. The van der Waals surface area contributed by atoms with Crippen molar-refractivity contribution in [3.63, 3.8) is 0 Å². The van der Waals surface area contributed by atoms with Crippen LogP contribution in [0.2, 0.25) is 0 Å². The van der Waals surface area contributed by atoms with Crippen LogP contribution in [0.4, 0.5) is 4.79 Å². The van der Waals surface area contributed by atoms with Gasteiger partial charge in [0.05, 0.1) is 31.0 Å². The molecule has 170 valence electrons. The summed E-state index contributed by atoms with van der Waals surface area (Å²) in [5.41, 5.74) is -0.768. The summed E-state index contributed by atoms with van der Waals surface area (Å²) >= 11 is 0. The Hall–Kier alpha value is -2.52. The topological polar surface area (TPSA) is 111 Å². The van der Waals surface area contributed by atoms with Gasteiger partial charge in [0.1, 0.15) is 11.4 Å². The van der Waals surface area contributed by atoms with Crippen molar-refractivity contribution in [1.29, 1.82) is 0 Å². The number of piperidine rings is 1. The van der Waals surface area contributed by atoms with Crippen molar-refractivity contribution in [1.82, 2.24) is 19.8 Å². The van der Waals surface area contributed by atoms with Crippen LogP contribution in [0.3, 0.4) is 0 Å². The highest BCUT2D eigenvalue weighted by molar-refractivity contribution is 5.94. The lowest BCUT2D eigenvalue weighted by Crippen LogP contribution is -2.57. The Labute approximate surface area is 183 Å². The molecule has 3 rings (SSSR count). The minimum atomic E-state index is -0.966. The lowest BCUT2D eigenvalue weighted by molar-refractivity contribution is 0.0193. The summed E-state index contributed by atoms with van der Waals surface area (Å²) < 4.78 is 5.50. The zero-order valence-electron chi connectivity index (χ0n) is 18.8. The Morgan fingerprint density at radius 1 is 1.13 bits per heavy atom. The molecule has 1 amide bonds. The predicted molar refractivity (Wildman–Crippen MR) is 117 cm³/mol. The van der Waals surface area contributed by atoms with Crippen LogP contribution in [0.15, 0.2) is 29.5 Å². The van der Waals surface area contributed by atoms with E-state index < -0.39 is 11.1 Å². The second-order valence-corrected chi connectivity index (χ2v) is 9.25.